The fraction of sp³-hybridized carbons (Fsp3) is 0.529. The van der Waals surface area contributed by atoms with Gasteiger partial charge in [0.1, 0.15) is 5.82 Å². The fourth-order valence-electron chi connectivity index (χ4n) is 3.03. The van der Waals surface area contributed by atoms with E-state index in [9.17, 15) is 14.0 Å². The van der Waals surface area contributed by atoms with Crippen LogP contribution in [0, 0.1) is 11.7 Å². The molecule has 2 aliphatic rings. The fourth-order valence-corrected chi connectivity index (χ4v) is 3.03. The first-order valence-electron chi connectivity index (χ1n) is 8.34. The van der Waals surface area contributed by atoms with E-state index in [0.717, 1.165) is 13.1 Å². The van der Waals surface area contributed by atoms with Crippen LogP contribution in [-0.4, -0.2) is 66.9 Å². The SMILES string of the molecule is CC(C(=O)Nc1cccc(F)c1)N1CCN(C(=O)C2CNC2)CC1.Cl. The third kappa shape index (κ3) is 4.68. The average Bonchev–Trinajstić information content (AvgIpc) is 2.52. The van der Waals surface area contributed by atoms with Gasteiger partial charge in [0.15, 0.2) is 0 Å². The van der Waals surface area contributed by atoms with Crippen molar-refractivity contribution in [3.63, 3.8) is 0 Å². The minimum atomic E-state index is -0.377. The Kier molecular flexibility index (Phi) is 6.75. The van der Waals surface area contributed by atoms with Crippen LogP contribution in [0.1, 0.15) is 6.92 Å². The lowest BCUT2D eigenvalue weighted by Gasteiger charge is -2.40. The van der Waals surface area contributed by atoms with Gasteiger partial charge in [-0.3, -0.25) is 14.5 Å². The van der Waals surface area contributed by atoms with Gasteiger partial charge in [0.25, 0.3) is 0 Å². The Labute approximate surface area is 153 Å². The van der Waals surface area contributed by atoms with Gasteiger partial charge in [-0.1, -0.05) is 6.07 Å². The number of nitrogens with one attached hydrogen (secondary N) is 2. The molecule has 2 amide bonds. The lowest BCUT2D eigenvalue weighted by molar-refractivity contribution is -0.139. The van der Waals surface area contributed by atoms with Gasteiger partial charge >= 0.3 is 0 Å². The summed E-state index contributed by atoms with van der Waals surface area (Å²) in [6, 6.07) is 5.54. The Morgan fingerprint density at radius 2 is 1.92 bits per heavy atom. The highest BCUT2D eigenvalue weighted by atomic mass is 35.5. The molecule has 2 N–H and O–H groups in total. The maximum atomic E-state index is 13.2. The van der Waals surface area contributed by atoms with Crippen LogP contribution in [-0.2, 0) is 9.59 Å². The van der Waals surface area contributed by atoms with Gasteiger partial charge in [0.05, 0.1) is 12.0 Å². The lowest BCUT2D eigenvalue weighted by Crippen LogP contribution is -2.58. The maximum absolute atomic E-state index is 13.2. The van der Waals surface area contributed by atoms with E-state index in [0.29, 0.717) is 31.9 Å². The summed E-state index contributed by atoms with van der Waals surface area (Å²) in [7, 11) is 0. The Morgan fingerprint density at radius 1 is 1.24 bits per heavy atom. The number of hydrogen-bond donors (Lipinski definition) is 2. The zero-order chi connectivity index (χ0) is 17.1. The molecule has 1 atom stereocenters. The van der Waals surface area contributed by atoms with Gasteiger partial charge in [-0.2, -0.15) is 0 Å². The third-order valence-electron chi connectivity index (χ3n) is 4.78. The molecule has 0 bridgehead atoms. The van der Waals surface area contributed by atoms with E-state index in [1.54, 1.807) is 12.1 Å². The number of halogens is 2. The van der Waals surface area contributed by atoms with Crippen LogP contribution >= 0.6 is 12.4 Å². The lowest BCUT2D eigenvalue weighted by atomic mass is 10.0. The van der Waals surface area contributed by atoms with Gasteiger partial charge in [-0.05, 0) is 25.1 Å². The summed E-state index contributed by atoms with van der Waals surface area (Å²) in [6.45, 7) is 6.01. The average molecular weight is 371 g/mol. The number of hydrogen-bond acceptors (Lipinski definition) is 4. The predicted molar refractivity (Wildman–Crippen MR) is 96.3 cm³/mol. The zero-order valence-corrected chi connectivity index (χ0v) is 15.0. The molecular formula is C17H24ClFN4O2. The Hall–Kier alpha value is -1.70. The topological polar surface area (TPSA) is 64.7 Å². The molecule has 138 valence electrons. The first-order chi connectivity index (χ1) is 11.5. The van der Waals surface area contributed by atoms with Gasteiger partial charge < -0.3 is 15.5 Å². The Bertz CT molecular complexity index is 618. The Balaban J connectivity index is 0.00000225. The quantitative estimate of drug-likeness (QED) is 0.828. The van der Waals surface area contributed by atoms with E-state index >= 15 is 0 Å². The van der Waals surface area contributed by atoms with Crippen molar-refractivity contribution in [2.45, 2.75) is 13.0 Å². The standard InChI is InChI=1S/C17H23FN4O2.ClH/c1-12(16(23)20-15-4-2-3-14(18)9-15)21-5-7-22(8-6-21)17(24)13-10-19-11-13;/h2-4,9,12-13,19H,5-8,10-11H2,1H3,(H,20,23);1H. The van der Waals surface area contributed by atoms with Crippen molar-refractivity contribution in [3.8, 4) is 0 Å². The molecule has 3 rings (SSSR count). The predicted octanol–water partition coefficient (Wildman–Crippen LogP) is 0.938. The van der Waals surface area contributed by atoms with Crippen molar-refractivity contribution >= 4 is 29.9 Å². The second kappa shape index (κ2) is 8.60. The number of amides is 2. The smallest absolute Gasteiger partial charge is 0.241 e. The highest BCUT2D eigenvalue weighted by Crippen LogP contribution is 2.14. The molecule has 1 aromatic rings. The molecule has 2 heterocycles. The largest absolute Gasteiger partial charge is 0.340 e. The van der Waals surface area contributed by atoms with E-state index in [-0.39, 0.29) is 42.0 Å². The van der Waals surface area contributed by atoms with Crippen molar-refractivity contribution in [2.75, 3.05) is 44.6 Å². The maximum Gasteiger partial charge on any atom is 0.241 e. The number of rotatable bonds is 4. The van der Waals surface area contributed by atoms with Crippen molar-refractivity contribution < 1.29 is 14.0 Å². The van der Waals surface area contributed by atoms with Gasteiger partial charge in [-0.25, -0.2) is 4.39 Å². The summed E-state index contributed by atoms with van der Waals surface area (Å²) < 4.78 is 13.2. The molecule has 0 saturated carbocycles. The summed E-state index contributed by atoms with van der Waals surface area (Å²) in [6.07, 6.45) is 0. The van der Waals surface area contributed by atoms with Crippen LogP contribution in [0.5, 0.6) is 0 Å². The van der Waals surface area contributed by atoms with Crippen molar-refractivity contribution in [1.82, 2.24) is 15.1 Å². The van der Waals surface area contributed by atoms with E-state index in [1.807, 2.05) is 11.8 Å². The molecule has 0 radical (unpaired) electrons. The molecule has 0 aromatic heterocycles. The highest BCUT2D eigenvalue weighted by molar-refractivity contribution is 5.94. The summed E-state index contributed by atoms with van der Waals surface area (Å²) in [5, 5.41) is 5.85. The van der Waals surface area contributed by atoms with E-state index in [1.165, 1.54) is 12.1 Å². The first-order valence-corrected chi connectivity index (χ1v) is 8.34. The van der Waals surface area contributed by atoms with Crippen molar-refractivity contribution in [1.29, 1.82) is 0 Å². The normalized spacial score (nSPS) is 19.5. The molecule has 1 unspecified atom stereocenters. The summed E-state index contributed by atoms with van der Waals surface area (Å²) in [4.78, 5) is 28.5. The molecule has 0 aliphatic carbocycles. The van der Waals surface area contributed by atoms with Crippen molar-refractivity contribution in [2.24, 2.45) is 5.92 Å². The molecule has 2 fully saturated rings. The second-order valence-corrected chi connectivity index (χ2v) is 6.39. The first kappa shape index (κ1) is 19.6. The third-order valence-corrected chi connectivity index (χ3v) is 4.78. The molecule has 2 aliphatic heterocycles. The summed E-state index contributed by atoms with van der Waals surface area (Å²) >= 11 is 0. The molecular weight excluding hydrogens is 347 g/mol. The van der Waals surface area contributed by atoms with Crippen LogP contribution in [0.4, 0.5) is 10.1 Å². The Morgan fingerprint density at radius 3 is 2.48 bits per heavy atom. The molecule has 2 saturated heterocycles. The number of nitrogens with zero attached hydrogens (tertiary/aromatic N) is 2. The summed E-state index contributed by atoms with van der Waals surface area (Å²) in [5.41, 5.74) is 0.457. The molecule has 0 spiro atoms. The van der Waals surface area contributed by atoms with Crippen LogP contribution in [0.2, 0.25) is 0 Å². The van der Waals surface area contributed by atoms with Crippen LogP contribution in [0.3, 0.4) is 0 Å². The van der Waals surface area contributed by atoms with Crippen LogP contribution in [0.15, 0.2) is 24.3 Å². The van der Waals surface area contributed by atoms with Gasteiger partial charge in [-0.15, -0.1) is 12.4 Å². The van der Waals surface area contributed by atoms with E-state index in [4.69, 9.17) is 0 Å². The van der Waals surface area contributed by atoms with Crippen LogP contribution < -0.4 is 10.6 Å². The zero-order valence-electron chi connectivity index (χ0n) is 14.2. The number of anilines is 1. The van der Waals surface area contributed by atoms with Gasteiger partial charge in [0, 0.05) is 45.0 Å². The number of carbonyl (C=O) groups excluding carboxylic acids is 2. The molecule has 6 nitrogen and oxygen atoms in total. The minimum Gasteiger partial charge on any atom is -0.340 e. The highest BCUT2D eigenvalue weighted by Gasteiger charge is 2.32. The molecule has 8 heteroatoms. The minimum absolute atomic E-state index is 0. The number of benzene rings is 1. The van der Waals surface area contributed by atoms with E-state index in [2.05, 4.69) is 15.5 Å². The molecule has 25 heavy (non-hydrogen) atoms. The summed E-state index contributed by atoms with van der Waals surface area (Å²) in [5.74, 6) is -0.211. The van der Waals surface area contributed by atoms with Crippen LogP contribution in [0.25, 0.3) is 0 Å². The monoisotopic (exact) mass is 370 g/mol. The molecule has 1 aromatic carbocycles. The van der Waals surface area contributed by atoms with Crippen molar-refractivity contribution in [3.05, 3.63) is 30.1 Å². The number of carbonyl (C=O) groups is 2. The number of piperazine rings is 1. The van der Waals surface area contributed by atoms with E-state index < -0.39 is 0 Å². The van der Waals surface area contributed by atoms with Gasteiger partial charge in [0.2, 0.25) is 11.8 Å². The second-order valence-electron chi connectivity index (χ2n) is 6.39.